The van der Waals surface area contributed by atoms with Crippen molar-refractivity contribution >= 4 is 0 Å². The second-order valence-corrected chi connectivity index (χ2v) is 4.31. The van der Waals surface area contributed by atoms with Crippen LogP contribution in [0.5, 0.6) is 23.0 Å². The van der Waals surface area contributed by atoms with Crippen molar-refractivity contribution in [1.29, 1.82) is 0 Å². The molecule has 0 fully saturated rings. The van der Waals surface area contributed by atoms with Crippen LogP contribution >= 0.6 is 0 Å². The smallest absolute Gasteiger partial charge is 0.203 e. The molecule has 0 spiro atoms. The summed E-state index contributed by atoms with van der Waals surface area (Å²) in [7, 11) is 6.44. The monoisotopic (exact) mass is 299 g/mol. The SMILES string of the molecule is COCCCNCCOc1cc(OC)c(OC)c(OC)c1. The zero-order valence-corrected chi connectivity index (χ0v) is 13.2. The van der Waals surface area contributed by atoms with E-state index in [0.29, 0.717) is 29.6 Å². The molecule has 120 valence electrons. The third-order valence-corrected chi connectivity index (χ3v) is 2.89. The van der Waals surface area contributed by atoms with E-state index in [9.17, 15) is 0 Å². The highest BCUT2D eigenvalue weighted by atomic mass is 16.5. The van der Waals surface area contributed by atoms with Crippen LogP contribution in [-0.4, -0.2) is 54.7 Å². The predicted octanol–water partition coefficient (Wildman–Crippen LogP) is 1.72. The van der Waals surface area contributed by atoms with Crippen molar-refractivity contribution in [3.8, 4) is 23.0 Å². The van der Waals surface area contributed by atoms with Gasteiger partial charge in [0.05, 0.1) is 21.3 Å². The highest BCUT2D eigenvalue weighted by Crippen LogP contribution is 2.40. The minimum Gasteiger partial charge on any atom is -0.493 e. The third-order valence-electron chi connectivity index (χ3n) is 2.89. The first-order chi connectivity index (χ1) is 10.3. The second-order valence-electron chi connectivity index (χ2n) is 4.31. The molecular weight excluding hydrogens is 274 g/mol. The number of methoxy groups -OCH3 is 4. The van der Waals surface area contributed by atoms with Gasteiger partial charge in [-0.2, -0.15) is 0 Å². The van der Waals surface area contributed by atoms with Crippen molar-refractivity contribution in [1.82, 2.24) is 5.32 Å². The maximum Gasteiger partial charge on any atom is 0.203 e. The summed E-state index contributed by atoms with van der Waals surface area (Å²) in [5.41, 5.74) is 0. The average molecular weight is 299 g/mol. The summed E-state index contributed by atoms with van der Waals surface area (Å²) in [4.78, 5) is 0. The lowest BCUT2D eigenvalue weighted by atomic mass is 10.2. The predicted molar refractivity (Wildman–Crippen MR) is 81.0 cm³/mol. The van der Waals surface area contributed by atoms with Gasteiger partial charge in [0.2, 0.25) is 5.75 Å². The lowest BCUT2D eigenvalue weighted by Gasteiger charge is -2.14. The summed E-state index contributed by atoms with van der Waals surface area (Å²) < 4.78 is 26.5. The molecule has 1 aromatic carbocycles. The van der Waals surface area contributed by atoms with E-state index < -0.39 is 0 Å². The summed E-state index contributed by atoms with van der Waals surface area (Å²) in [5, 5.41) is 3.28. The first-order valence-electron chi connectivity index (χ1n) is 6.89. The van der Waals surface area contributed by atoms with Crippen LogP contribution in [0.1, 0.15) is 6.42 Å². The van der Waals surface area contributed by atoms with E-state index in [0.717, 1.165) is 26.1 Å². The van der Waals surface area contributed by atoms with Crippen molar-refractivity contribution < 1.29 is 23.7 Å². The van der Waals surface area contributed by atoms with Crippen LogP contribution in [0.15, 0.2) is 12.1 Å². The summed E-state index contributed by atoms with van der Waals surface area (Å²) in [6.45, 7) is 3.00. The van der Waals surface area contributed by atoms with Gasteiger partial charge in [-0.25, -0.2) is 0 Å². The molecule has 1 N–H and O–H groups in total. The largest absolute Gasteiger partial charge is 0.493 e. The van der Waals surface area contributed by atoms with Gasteiger partial charge >= 0.3 is 0 Å². The molecule has 0 saturated carbocycles. The molecule has 0 aliphatic heterocycles. The van der Waals surface area contributed by atoms with E-state index in [2.05, 4.69) is 5.32 Å². The van der Waals surface area contributed by atoms with Gasteiger partial charge in [-0.15, -0.1) is 0 Å². The van der Waals surface area contributed by atoms with E-state index in [1.807, 2.05) is 0 Å². The molecule has 1 aromatic rings. The molecule has 0 radical (unpaired) electrons. The van der Waals surface area contributed by atoms with E-state index in [1.54, 1.807) is 40.6 Å². The molecule has 0 amide bonds. The van der Waals surface area contributed by atoms with Crippen LogP contribution in [0.4, 0.5) is 0 Å². The van der Waals surface area contributed by atoms with Crippen LogP contribution in [0.3, 0.4) is 0 Å². The van der Waals surface area contributed by atoms with Gasteiger partial charge in [-0.05, 0) is 13.0 Å². The Bertz CT molecular complexity index is 386. The van der Waals surface area contributed by atoms with Crippen molar-refractivity contribution in [3.63, 3.8) is 0 Å². The molecule has 1 rings (SSSR count). The molecule has 0 unspecified atom stereocenters. The Morgan fingerprint density at radius 3 is 2.05 bits per heavy atom. The Morgan fingerprint density at radius 2 is 1.52 bits per heavy atom. The Labute approximate surface area is 126 Å². The van der Waals surface area contributed by atoms with E-state index in [4.69, 9.17) is 23.7 Å². The van der Waals surface area contributed by atoms with Crippen LogP contribution in [0, 0.1) is 0 Å². The van der Waals surface area contributed by atoms with Gasteiger partial charge in [0.1, 0.15) is 12.4 Å². The Kier molecular flexibility index (Phi) is 8.38. The third kappa shape index (κ3) is 5.69. The number of benzene rings is 1. The fourth-order valence-corrected chi connectivity index (χ4v) is 1.85. The van der Waals surface area contributed by atoms with Crippen LogP contribution < -0.4 is 24.3 Å². The summed E-state index contributed by atoms with van der Waals surface area (Å²) >= 11 is 0. The topological polar surface area (TPSA) is 58.2 Å². The fraction of sp³-hybridized carbons (Fsp3) is 0.600. The van der Waals surface area contributed by atoms with Gasteiger partial charge in [0.15, 0.2) is 11.5 Å². The zero-order valence-electron chi connectivity index (χ0n) is 13.2. The van der Waals surface area contributed by atoms with Gasteiger partial charge < -0.3 is 29.0 Å². The van der Waals surface area contributed by atoms with E-state index in [-0.39, 0.29) is 0 Å². The van der Waals surface area contributed by atoms with Crippen molar-refractivity contribution in [3.05, 3.63) is 12.1 Å². The fourth-order valence-electron chi connectivity index (χ4n) is 1.85. The molecule has 0 aliphatic rings. The molecule has 0 aliphatic carbocycles. The Balaban J connectivity index is 2.48. The molecule has 0 bridgehead atoms. The van der Waals surface area contributed by atoms with E-state index in [1.165, 1.54) is 0 Å². The van der Waals surface area contributed by atoms with Crippen molar-refractivity contribution in [2.45, 2.75) is 6.42 Å². The summed E-state index contributed by atoms with van der Waals surface area (Å²) in [5.74, 6) is 2.41. The molecule has 0 saturated heterocycles. The number of rotatable bonds is 11. The standard InChI is InChI=1S/C15H25NO5/c1-17-8-5-6-16-7-9-21-12-10-13(18-2)15(20-4)14(11-12)19-3/h10-11,16H,5-9H2,1-4H3. The molecule has 21 heavy (non-hydrogen) atoms. The first kappa shape index (κ1) is 17.4. The Morgan fingerprint density at radius 1 is 0.857 bits per heavy atom. The minimum absolute atomic E-state index is 0.560. The number of ether oxygens (including phenoxy) is 5. The maximum absolute atomic E-state index is 5.69. The van der Waals surface area contributed by atoms with Gasteiger partial charge in [-0.1, -0.05) is 0 Å². The highest BCUT2D eigenvalue weighted by Gasteiger charge is 2.13. The van der Waals surface area contributed by atoms with Gasteiger partial charge in [0.25, 0.3) is 0 Å². The number of hydrogen-bond acceptors (Lipinski definition) is 6. The number of nitrogens with one attached hydrogen (secondary N) is 1. The van der Waals surface area contributed by atoms with Crippen LogP contribution in [0.25, 0.3) is 0 Å². The molecule has 6 nitrogen and oxygen atoms in total. The summed E-state index contributed by atoms with van der Waals surface area (Å²) in [6.07, 6.45) is 0.987. The molecule has 0 aromatic heterocycles. The lowest BCUT2D eigenvalue weighted by molar-refractivity contribution is 0.193. The van der Waals surface area contributed by atoms with Crippen LogP contribution in [-0.2, 0) is 4.74 Å². The van der Waals surface area contributed by atoms with Gasteiger partial charge in [-0.3, -0.25) is 0 Å². The minimum atomic E-state index is 0.560. The maximum atomic E-state index is 5.69. The van der Waals surface area contributed by atoms with E-state index >= 15 is 0 Å². The molecule has 0 heterocycles. The lowest BCUT2D eigenvalue weighted by Crippen LogP contribution is -2.22. The van der Waals surface area contributed by atoms with Crippen molar-refractivity contribution in [2.75, 3.05) is 54.7 Å². The quantitative estimate of drug-likeness (QED) is 0.628. The highest BCUT2D eigenvalue weighted by molar-refractivity contribution is 5.55. The molecular formula is C15H25NO5. The average Bonchev–Trinajstić information content (AvgIpc) is 2.52. The molecule has 0 atom stereocenters. The van der Waals surface area contributed by atoms with Crippen molar-refractivity contribution in [2.24, 2.45) is 0 Å². The Hall–Kier alpha value is -1.66. The summed E-state index contributed by atoms with van der Waals surface area (Å²) in [6, 6.07) is 3.57. The molecule has 6 heteroatoms. The second kappa shape index (κ2) is 10.1. The first-order valence-corrected chi connectivity index (χ1v) is 6.89. The number of hydrogen-bond donors (Lipinski definition) is 1. The van der Waals surface area contributed by atoms with Gasteiger partial charge in [0, 0.05) is 32.4 Å². The normalized spacial score (nSPS) is 10.3. The van der Waals surface area contributed by atoms with Crippen LogP contribution in [0.2, 0.25) is 0 Å². The zero-order chi connectivity index (χ0) is 15.5.